The molecule has 0 aliphatic heterocycles. The van der Waals surface area contributed by atoms with E-state index in [-0.39, 0.29) is 33.6 Å². The molecule has 0 radical (unpaired) electrons. The van der Waals surface area contributed by atoms with Gasteiger partial charge in [0.2, 0.25) is 5.56 Å². The molecule has 2 aromatic heterocycles. The summed E-state index contributed by atoms with van der Waals surface area (Å²) in [5, 5.41) is 3.31. The van der Waals surface area contributed by atoms with E-state index in [1.807, 2.05) is 0 Å². The van der Waals surface area contributed by atoms with Gasteiger partial charge < -0.3 is 4.98 Å². The number of halogens is 6. The van der Waals surface area contributed by atoms with E-state index in [4.69, 9.17) is 0 Å². The van der Waals surface area contributed by atoms with Crippen molar-refractivity contribution in [3.05, 3.63) is 118 Å². The highest BCUT2D eigenvalue weighted by atomic mass is 32.2. The maximum absolute atomic E-state index is 13.4. The van der Waals surface area contributed by atoms with Crippen LogP contribution in [0.4, 0.5) is 32.0 Å². The summed E-state index contributed by atoms with van der Waals surface area (Å²) in [7, 11) is -4.03. The first-order chi connectivity index (χ1) is 19.2. The van der Waals surface area contributed by atoms with Gasteiger partial charge in [0, 0.05) is 28.9 Å². The number of nitrogens with zero attached hydrogens (tertiary/aromatic N) is 2. The Kier molecular flexibility index (Phi) is 6.89. The van der Waals surface area contributed by atoms with Crippen LogP contribution in [0.3, 0.4) is 0 Å². The van der Waals surface area contributed by atoms with Crippen molar-refractivity contribution in [1.29, 1.82) is 0 Å². The van der Waals surface area contributed by atoms with E-state index in [1.54, 1.807) is 6.07 Å². The van der Waals surface area contributed by atoms with Gasteiger partial charge in [0.1, 0.15) is 0 Å². The second-order valence-electron chi connectivity index (χ2n) is 9.04. The molecule has 2 N–H and O–H groups in total. The summed E-state index contributed by atoms with van der Waals surface area (Å²) in [5.74, 6) is 0. The predicted octanol–water partition coefficient (Wildman–Crippen LogP) is 6.14. The fourth-order valence-corrected chi connectivity index (χ4v) is 5.24. The molecule has 0 fully saturated rings. The number of hydrogen-bond donors (Lipinski definition) is 2. The Bertz CT molecular complexity index is 1890. The minimum absolute atomic E-state index is 0.0461. The SMILES string of the molecule is O=c1cc(C(F)(F)F)c2cc(Cc3ccc(S(=O)(=O)Nc4ccc(-n5ccc(C(F)(F)F)n5)cc4)cc3)ccc2[nH]1. The van der Waals surface area contributed by atoms with Crippen LogP contribution in [0, 0.1) is 0 Å². The molecule has 14 heteroatoms. The molecule has 0 saturated heterocycles. The molecule has 0 unspecified atom stereocenters. The predicted molar refractivity (Wildman–Crippen MR) is 138 cm³/mol. The van der Waals surface area contributed by atoms with Crippen molar-refractivity contribution >= 4 is 26.6 Å². The van der Waals surface area contributed by atoms with Crippen molar-refractivity contribution in [1.82, 2.24) is 14.8 Å². The molecule has 41 heavy (non-hydrogen) atoms. The average molecular weight is 593 g/mol. The first-order valence-corrected chi connectivity index (χ1v) is 13.3. The molecule has 7 nitrogen and oxygen atoms in total. The molecule has 3 aromatic carbocycles. The smallest absolute Gasteiger partial charge is 0.322 e. The second kappa shape index (κ2) is 10.1. The van der Waals surface area contributed by atoms with E-state index in [0.717, 1.165) is 16.9 Å². The highest BCUT2D eigenvalue weighted by Crippen LogP contribution is 2.34. The number of sulfonamides is 1. The fourth-order valence-electron chi connectivity index (χ4n) is 4.18. The third-order valence-electron chi connectivity index (χ3n) is 6.12. The fraction of sp³-hybridized carbons (Fsp3) is 0.111. The lowest BCUT2D eigenvalue weighted by Gasteiger charge is -2.12. The number of alkyl halides is 6. The van der Waals surface area contributed by atoms with Gasteiger partial charge in [0.15, 0.2) is 5.69 Å². The topological polar surface area (TPSA) is 96.8 Å². The maximum atomic E-state index is 13.4. The second-order valence-corrected chi connectivity index (χ2v) is 10.7. The average Bonchev–Trinajstić information content (AvgIpc) is 3.40. The maximum Gasteiger partial charge on any atom is 0.435 e. The molecule has 0 amide bonds. The number of H-pyrrole nitrogens is 1. The molecular formula is C27H18F6N4O3S. The Morgan fingerprint density at radius 2 is 1.46 bits per heavy atom. The third-order valence-corrected chi connectivity index (χ3v) is 7.52. The first-order valence-electron chi connectivity index (χ1n) is 11.8. The number of pyridine rings is 1. The van der Waals surface area contributed by atoms with Gasteiger partial charge in [-0.2, -0.15) is 31.4 Å². The molecule has 0 aliphatic carbocycles. The summed E-state index contributed by atoms with van der Waals surface area (Å²) in [6, 6.07) is 16.9. The van der Waals surface area contributed by atoms with Gasteiger partial charge in [0.25, 0.3) is 10.0 Å². The summed E-state index contributed by atoms with van der Waals surface area (Å²) in [6.07, 6.45) is -7.98. The van der Waals surface area contributed by atoms with Crippen LogP contribution in [0.1, 0.15) is 22.4 Å². The first kappa shape index (κ1) is 28.0. The standard InChI is InChI=1S/C27H18F6N4O3S/c28-26(29,30)22-15-25(38)34-23-10-3-17(14-21(22)23)13-16-1-8-20(9-2-16)41(39,40)36-18-4-6-19(7-5-18)37-12-11-24(35-37)27(31,32)33/h1-12,14-15,36H,13H2,(H,34,38). The number of nitrogens with one attached hydrogen (secondary N) is 2. The van der Waals surface area contributed by atoms with E-state index in [9.17, 15) is 39.6 Å². The number of fused-ring (bicyclic) bond motifs is 1. The van der Waals surface area contributed by atoms with Gasteiger partial charge in [-0.25, -0.2) is 13.1 Å². The van der Waals surface area contributed by atoms with Gasteiger partial charge >= 0.3 is 12.4 Å². The molecule has 0 atom stereocenters. The molecule has 5 rings (SSSR count). The van der Waals surface area contributed by atoms with Crippen molar-refractivity contribution in [3.8, 4) is 5.69 Å². The minimum atomic E-state index is -4.72. The molecule has 0 spiro atoms. The minimum Gasteiger partial charge on any atom is -0.322 e. The van der Waals surface area contributed by atoms with Crippen LogP contribution in [0.25, 0.3) is 16.6 Å². The van der Waals surface area contributed by atoms with Gasteiger partial charge in [-0.3, -0.25) is 9.52 Å². The lowest BCUT2D eigenvalue weighted by Crippen LogP contribution is -2.14. The molecular weight excluding hydrogens is 574 g/mol. The van der Waals surface area contributed by atoms with Gasteiger partial charge in [0.05, 0.1) is 16.1 Å². The molecule has 212 valence electrons. The Balaban J connectivity index is 1.30. The highest BCUT2D eigenvalue weighted by Gasteiger charge is 2.34. The highest BCUT2D eigenvalue weighted by molar-refractivity contribution is 7.92. The quantitative estimate of drug-likeness (QED) is 0.232. The van der Waals surface area contributed by atoms with Crippen LogP contribution < -0.4 is 10.3 Å². The molecule has 0 bridgehead atoms. The molecule has 2 heterocycles. The van der Waals surface area contributed by atoms with E-state index in [1.165, 1.54) is 60.7 Å². The number of aromatic nitrogens is 3. The van der Waals surface area contributed by atoms with E-state index in [2.05, 4.69) is 14.8 Å². The Labute approximate surface area is 228 Å². The van der Waals surface area contributed by atoms with Crippen LogP contribution in [-0.2, 0) is 28.8 Å². The summed E-state index contributed by atoms with van der Waals surface area (Å²) in [4.78, 5) is 13.9. The van der Waals surface area contributed by atoms with Crippen molar-refractivity contribution in [2.45, 2.75) is 23.7 Å². The number of aromatic amines is 1. The van der Waals surface area contributed by atoms with Crippen molar-refractivity contribution in [2.75, 3.05) is 4.72 Å². The van der Waals surface area contributed by atoms with Crippen molar-refractivity contribution in [2.24, 2.45) is 0 Å². The summed E-state index contributed by atoms with van der Waals surface area (Å²) in [6.45, 7) is 0. The van der Waals surface area contributed by atoms with Gasteiger partial charge in [-0.15, -0.1) is 0 Å². The van der Waals surface area contributed by atoms with Crippen LogP contribution in [0.5, 0.6) is 0 Å². The molecule has 0 saturated carbocycles. The van der Waals surface area contributed by atoms with E-state index >= 15 is 0 Å². The van der Waals surface area contributed by atoms with Gasteiger partial charge in [-0.1, -0.05) is 18.2 Å². The van der Waals surface area contributed by atoms with Crippen molar-refractivity contribution < 1.29 is 34.8 Å². The van der Waals surface area contributed by atoms with Crippen LogP contribution >= 0.6 is 0 Å². The summed E-state index contributed by atoms with van der Waals surface area (Å²) < 4.78 is 108. The number of hydrogen-bond acceptors (Lipinski definition) is 4. The van der Waals surface area contributed by atoms with Gasteiger partial charge in [-0.05, 0) is 72.1 Å². The largest absolute Gasteiger partial charge is 0.435 e. The Hall–Kier alpha value is -4.59. The number of rotatable bonds is 6. The van der Waals surface area contributed by atoms with E-state index in [0.29, 0.717) is 17.2 Å². The third kappa shape index (κ3) is 6.11. The molecule has 5 aromatic rings. The Morgan fingerprint density at radius 3 is 2.07 bits per heavy atom. The summed E-state index contributed by atoms with van der Waals surface area (Å²) >= 11 is 0. The number of benzene rings is 3. The summed E-state index contributed by atoms with van der Waals surface area (Å²) in [5.41, 5.74) is -1.33. The van der Waals surface area contributed by atoms with Crippen LogP contribution in [-0.4, -0.2) is 23.2 Å². The van der Waals surface area contributed by atoms with Crippen molar-refractivity contribution in [3.63, 3.8) is 0 Å². The zero-order valence-electron chi connectivity index (χ0n) is 20.6. The monoisotopic (exact) mass is 592 g/mol. The normalized spacial score (nSPS) is 12.5. The lowest BCUT2D eigenvalue weighted by molar-refractivity contribution is -0.141. The zero-order chi connectivity index (χ0) is 29.6. The van der Waals surface area contributed by atoms with Crippen LogP contribution in [0.15, 0.2) is 94.7 Å². The number of anilines is 1. The zero-order valence-corrected chi connectivity index (χ0v) is 21.4. The van der Waals surface area contributed by atoms with E-state index < -0.39 is 39.2 Å². The molecule has 0 aliphatic rings. The Morgan fingerprint density at radius 1 is 0.805 bits per heavy atom. The van der Waals surface area contributed by atoms with Crippen LogP contribution in [0.2, 0.25) is 0 Å². The lowest BCUT2D eigenvalue weighted by atomic mass is 10.0.